The molecule has 0 aliphatic heterocycles. The quantitative estimate of drug-likeness (QED) is 0.227. The maximum absolute atomic E-state index is 10.7. The third kappa shape index (κ3) is 14.1. The van der Waals surface area contributed by atoms with E-state index in [4.69, 9.17) is 0 Å². The van der Waals surface area contributed by atoms with Crippen molar-refractivity contribution in [2.45, 2.75) is 110 Å². The van der Waals surface area contributed by atoms with Crippen LogP contribution in [0.5, 0.6) is 0 Å². The average molecular weight is 283 g/mol. The van der Waals surface area contributed by atoms with Crippen LogP contribution in [0.4, 0.5) is 0 Å². The van der Waals surface area contributed by atoms with Gasteiger partial charge in [0.05, 0.1) is 0 Å². The predicted octanol–water partition coefficient (Wildman–Crippen LogP) is 6.69. The van der Waals surface area contributed by atoms with Crippen molar-refractivity contribution in [3.8, 4) is 0 Å². The van der Waals surface area contributed by atoms with Gasteiger partial charge >= 0.3 is 0 Å². The molecule has 0 aliphatic rings. The molecule has 0 heterocycles. The average Bonchev–Trinajstić information content (AvgIpc) is 2.48. The third-order valence-corrected chi connectivity index (χ3v) is 4.40. The van der Waals surface area contributed by atoms with Crippen molar-refractivity contribution in [1.29, 1.82) is 0 Å². The summed E-state index contributed by atoms with van der Waals surface area (Å²) in [7, 11) is 0. The van der Waals surface area contributed by atoms with E-state index in [1.807, 2.05) is 0 Å². The highest BCUT2D eigenvalue weighted by Gasteiger charge is 2.02. The summed E-state index contributed by atoms with van der Waals surface area (Å²) in [6, 6.07) is 0. The lowest BCUT2D eigenvalue weighted by molar-refractivity contribution is -0.111. The molecule has 0 rings (SSSR count). The topological polar surface area (TPSA) is 17.1 Å². The Balaban J connectivity index is 3.04. The van der Waals surface area contributed by atoms with Gasteiger partial charge in [-0.1, -0.05) is 97.3 Å². The standard InChI is InChI=1S/C19H38O/c1-3-5-6-7-8-9-10-11-12-13-14-15-16-17-19(4-2)18-20/h18-19H,3-17H2,1-2H3. The zero-order valence-electron chi connectivity index (χ0n) is 14.2. The molecular formula is C19H38O. The monoisotopic (exact) mass is 282 g/mol. The van der Waals surface area contributed by atoms with Crippen LogP contribution >= 0.6 is 0 Å². The molecule has 0 radical (unpaired) electrons. The summed E-state index contributed by atoms with van der Waals surface area (Å²) in [6.45, 7) is 4.39. The van der Waals surface area contributed by atoms with Crippen LogP contribution in [0.15, 0.2) is 0 Å². The zero-order chi connectivity index (χ0) is 14.9. The van der Waals surface area contributed by atoms with E-state index in [9.17, 15) is 4.79 Å². The Morgan fingerprint density at radius 3 is 1.40 bits per heavy atom. The van der Waals surface area contributed by atoms with Gasteiger partial charge in [0.15, 0.2) is 0 Å². The normalized spacial score (nSPS) is 12.5. The van der Waals surface area contributed by atoms with Crippen molar-refractivity contribution in [2.75, 3.05) is 0 Å². The number of carbonyl (C=O) groups is 1. The Morgan fingerprint density at radius 2 is 1.05 bits per heavy atom. The molecule has 0 saturated heterocycles. The molecule has 1 heteroatoms. The van der Waals surface area contributed by atoms with E-state index >= 15 is 0 Å². The fourth-order valence-electron chi connectivity index (χ4n) is 2.79. The smallest absolute Gasteiger partial charge is 0.123 e. The molecule has 1 nitrogen and oxygen atoms in total. The van der Waals surface area contributed by atoms with E-state index in [1.54, 1.807) is 0 Å². The molecule has 0 aromatic carbocycles. The van der Waals surface area contributed by atoms with E-state index in [1.165, 1.54) is 83.5 Å². The fraction of sp³-hybridized carbons (Fsp3) is 0.947. The maximum atomic E-state index is 10.7. The Labute approximate surface area is 127 Å². The Kier molecular flexibility index (Phi) is 16.4. The molecule has 0 fully saturated rings. The van der Waals surface area contributed by atoms with E-state index < -0.39 is 0 Å². The molecule has 0 aromatic heterocycles. The predicted molar refractivity (Wildman–Crippen MR) is 90.2 cm³/mol. The minimum Gasteiger partial charge on any atom is -0.303 e. The Morgan fingerprint density at radius 1 is 0.650 bits per heavy atom. The van der Waals surface area contributed by atoms with Crippen molar-refractivity contribution >= 4 is 6.29 Å². The first kappa shape index (κ1) is 19.7. The van der Waals surface area contributed by atoms with Crippen LogP contribution in [0.3, 0.4) is 0 Å². The second-order valence-electron chi connectivity index (χ2n) is 6.34. The van der Waals surface area contributed by atoms with Crippen LogP contribution in [0.1, 0.15) is 110 Å². The van der Waals surface area contributed by atoms with Crippen molar-refractivity contribution in [3.05, 3.63) is 0 Å². The van der Waals surface area contributed by atoms with Gasteiger partial charge in [0.2, 0.25) is 0 Å². The molecule has 1 unspecified atom stereocenters. The minimum atomic E-state index is 0.322. The van der Waals surface area contributed by atoms with Crippen LogP contribution < -0.4 is 0 Å². The van der Waals surface area contributed by atoms with Crippen LogP contribution in [0.25, 0.3) is 0 Å². The number of hydrogen-bond donors (Lipinski definition) is 0. The van der Waals surface area contributed by atoms with Gasteiger partial charge in [-0.3, -0.25) is 0 Å². The molecule has 120 valence electrons. The first-order valence-corrected chi connectivity index (χ1v) is 9.30. The van der Waals surface area contributed by atoms with Crippen molar-refractivity contribution in [2.24, 2.45) is 5.92 Å². The minimum absolute atomic E-state index is 0.322. The summed E-state index contributed by atoms with van der Waals surface area (Å²) >= 11 is 0. The first-order chi connectivity index (χ1) is 9.85. The number of carbonyl (C=O) groups excluding carboxylic acids is 1. The number of unbranched alkanes of at least 4 members (excludes halogenated alkanes) is 12. The first-order valence-electron chi connectivity index (χ1n) is 9.30. The summed E-state index contributed by atoms with van der Waals surface area (Å²) in [5.41, 5.74) is 0. The molecule has 0 aromatic rings. The highest BCUT2D eigenvalue weighted by Crippen LogP contribution is 2.15. The molecule has 0 amide bonds. The third-order valence-electron chi connectivity index (χ3n) is 4.40. The molecule has 0 N–H and O–H groups in total. The molecule has 0 saturated carbocycles. The molecule has 20 heavy (non-hydrogen) atoms. The number of aldehydes is 1. The lowest BCUT2D eigenvalue weighted by Crippen LogP contribution is -1.99. The Bertz CT molecular complexity index is 188. The molecule has 0 bridgehead atoms. The van der Waals surface area contributed by atoms with E-state index in [0.717, 1.165) is 19.1 Å². The van der Waals surface area contributed by atoms with Gasteiger partial charge in [0.25, 0.3) is 0 Å². The van der Waals surface area contributed by atoms with Crippen LogP contribution in [-0.4, -0.2) is 6.29 Å². The van der Waals surface area contributed by atoms with Gasteiger partial charge in [0.1, 0.15) is 6.29 Å². The van der Waals surface area contributed by atoms with Gasteiger partial charge in [-0.15, -0.1) is 0 Å². The lowest BCUT2D eigenvalue weighted by Gasteiger charge is -2.06. The SMILES string of the molecule is CCCCCCCCCCCCCCCC(C=O)CC. The number of hydrogen-bond acceptors (Lipinski definition) is 1. The van der Waals surface area contributed by atoms with Crippen LogP contribution in [0.2, 0.25) is 0 Å². The summed E-state index contributed by atoms with van der Waals surface area (Å²) in [4.78, 5) is 10.7. The van der Waals surface area contributed by atoms with Crippen molar-refractivity contribution in [1.82, 2.24) is 0 Å². The fourth-order valence-corrected chi connectivity index (χ4v) is 2.79. The summed E-state index contributed by atoms with van der Waals surface area (Å²) in [5.74, 6) is 0.322. The van der Waals surface area contributed by atoms with Crippen LogP contribution in [-0.2, 0) is 4.79 Å². The van der Waals surface area contributed by atoms with E-state index in [0.29, 0.717) is 5.92 Å². The van der Waals surface area contributed by atoms with E-state index in [-0.39, 0.29) is 0 Å². The van der Waals surface area contributed by atoms with Gasteiger partial charge in [-0.2, -0.15) is 0 Å². The zero-order valence-corrected chi connectivity index (χ0v) is 14.2. The van der Waals surface area contributed by atoms with Gasteiger partial charge in [-0.05, 0) is 12.8 Å². The highest BCUT2D eigenvalue weighted by atomic mass is 16.1. The molecule has 0 spiro atoms. The largest absolute Gasteiger partial charge is 0.303 e. The Hall–Kier alpha value is -0.330. The summed E-state index contributed by atoms with van der Waals surface area (Å²) in [5, 5.41) is 0. The van der Waals surface area contributed by atoms with Gasteiger partial charge < -0.3 is 4.79 Å². The maximum Gasteiger partial charge on any atom is 0.123 e. The van der Waals surface area contributed by atoms with Crippen LogP contribution in [0, 0.1) is 5.92 Å². The second-order valence-corrected chi connectivity index (χ2v) is 6.34. The second kappa shape index (κ2) is 16.7. The van der Waals surface area contributed by atoms with Gasteiger partial charge in [0, 0.05) is 5.92 Å². The van der Waals surface area contributed by atoms with Crippen molar-refractivity contribution in [3.63, 3.8) is 0 Å². The molecular weight excluding hydrogens is 244 g/mol. The van der Waals surface area contributed by atoms with Gasteiger partial charge in [-0.25, -0.2) is 0 Å². The molecule has 0 aliphatic carbocycles. The lowest BCUT2D eigenvalue weighted by atomic mass is 9.99. The van der Waals surface area contributed by atoms with Crippen molar-refractivity contribution < 1.29 is 4.79 Å². The number of rotatable bonds is 16. The van der Waals surface area contributed by atoms with E-state index in [2.05, 4.69) is 13.8 Å². The highest BCUT2D eigenvalue weighted by molar-refractivity contribution is 5.53. The summed E-state index contributed by atoms with van der Waals surface area (Å²) < 4.78 is 0. The molecule has 1 atom stereocenters. The summed E-state index contributed by atoms with van der Waals surface area (Å²) in [6.07, 6.45) is 21.4.